The Morgan fingerprint density at radius 1 is 1.22 bits per heavy atom. The minimum absolute atomic E-state index is 0.0406. The predicted octanol–water partition coefficient (Wildman–Crippen LogP) is 2.35. The summed E-state index contributed by atoms with van der Waals surface area (Å²) in [4.78, 5) is 30.2. The second-order valence-electron chi connectivity index (χ2n) is 5.11. The Morgan fingerprint density at radius 3 is 2.52 bits per heavy atom. The van der Waals surface area contributed by atoms with Crippen LogP contribution in [0.15, 0.2) is 36.7 Å². The van der Waals surface area contributed by atoms with E-state index in [4.69, 9.17) is 9.84 Å². The van der Waals surface area contributed by atoms with Crippen molar-refractivity contribution in [2.24, 2.45) is 0 Å². The lowest BCUT2D eigenvalue weighted by molar-refractivity contribution is 0.0657. The number of nitrogens with one attached hydrogen (secondary N) is 1. The van der Waals surface area contributed by atoms with E-state index in [0.29, 0.717) is 12.3 Å². The van der Waals surface area contributed by atoms with Gasteiger partial charge in [-0.3, -0.25) is 4.79 Å². The first-order valence-corrected chi connectivity index (χ1v) is 7.03. The van der Waals surface area contributed by atoms with Gasteiger partial charge in [0.25, 0.3) is 5.91 Å². The first kappa shape index (κ1) is 16.6. The fourth-order valence-corrected chi connectivity index (χ4v) is 1.75. The monoisotopic (exact) mass is 315 g/mol. The van der Waals surface area contributed by atoms with Crippen LogP contribution in [0.1, 0.15) is 40.4 Å². The Balaban J connectivity index is 2.04. The van der Waals surface area contributed by atoms with E-state index in [2.05, 4.69) is 15.3 Å². The third-order valence-electron chi connectivity index (χ3n) is 2.87. The van der Waals surface area contributed by atoms with E-state index in [1.807, 2.05) is 26.0 Å². The van der Waals surface area contributed by atoms with Crippen LogP contribution in [0, 0.1) is 0 Å². The van der Waals surface area contributed by atoms with Crippen molar-refractivity contribution in [1.82, 2.24) is 9.97 Å². The summed E-state index contributed by atoms with van der Waals surface area (Å²) >= 11 is 0. The van der Waals surface area contributed by atoms with Gasteiger partial charge in [0.2, 0.25) is 0 Å². The van der Waals surface area contributed by atoms with Crippen LogP contribution in [0.5, 0.6) is 0 Å². The molecule has 7 heteroatoms. The van der Waals surface area contributed by atoms with Gasteiger partial charge in [0, 0.05) is 5.69 Å². The first-order valence-electron chi connectivity index (χ1n) is 7.03. The number of benzene rings is 1. The maximum Gasteiger partial charge on any atom is 0.356 e. The lowest BCUT2D eigenvalue weighted by atomic mass is 10.2. The lowest BCUT2D eigenvalue weighted by Crippen LogP contribution is -2.15. The number of carboxylic acid groups (broad SMARTS) is 1. The molecule has 2 N–H and O–H groups in total. The van der Waals surface area contributed by atoms with Crippen molar-refractivity contribution in [3.8, 4) is 0 Å². The molecule has 0 atom stereocenters. The molecule has 1 aromatic heterocycles. The molecule has 7 nitrogen and oxygen atoms in total. The van der Waals surface area contributed by atoms with Crippen molar-refractivity contribution in [3.63, 3.8) is 0 Å². The van der Waals surface area contributed by atoms with Gasteiger partial charge in [0.05, 0.1) is 25.1 Å². The topological polar surface area (TPSA) is 101 Å². The van der Waals surface area contributed by atoms with Crippen molar-refractivity contribution in [2.75, 3.05) is 5.32 Å². The molecule has 0 aliphatic rings. The molecule has 2 rings (SSSR count). The summed E-state index contributed by atoms with van der Waals surface area (Å²) in [6.45, 7) is 4.35. The van der Waals surface area contributed by atoms with Gasteiger partial charge in [-0.1, -0.05) is 12.1 Å². The molecule has 0 bridgehead atoms. The van der Waals surface area contributed by atoms with Crippen LogP contribution in [0.3, 0.4) is 0 Å². The number of anilines is 1. The average Bonchev–Trinajstić information content (AvgIpc) is 2.53. The number of rotatable bonds is 6. The number of hydrogen-bond acceptors (Lipinski definition) is 5. The summed E-state index contributed by atoms with van der Waals surface area (Å²) in [6.07, 6.45) is 2.30. The van der Waals surface area contributed by atoms with Crippen LogP contribution in [0.4, 0.5) is 5.69 Å². The predicted molar refractivity (Wildman–Crippen MR) is 83.3 cm³/mol. The Kier molecular flexibility index (Phi) is 5.37. The largest absolute Gasteiger partial charge is 0.476 e. The zero-order valence-electron chi connectivity index (χ0n) is 12.8. The highest BCUT2D eigenvalue weighted by Crippen LogP contribution is 2.13. The van der Waals surface area contributed by atoms with Crippen molar-refractivity contribution >= 4 is 17.6 Å². The van der Waals surface area contributed by atoms with Gasteiger partial charge in [0.15, 0.2) is 5.69 Å². The van der Waals surface area contributed by atoms with E-state index in [-0.39, 0.29) is 17.5 Å². The summed E-state index contributed by atoms with van der Waals surface area (Å²) in [5, 5.41) is 11.4. The van der Waals surface area contributed by atoms with Gasteiger partial charge in [-0.15, -0.1) is 0 Å². The van der Waals surface area contributed by atoms with Gasteiger partial charge >= 0.3 is 5.97 Å². The molecule has 2 aromatic rings. The molecule has 1 amide bonds. The number of hydrogen-bond donors (Lipinski definition) is 2. The van der Waals surface area contributed by atoms with Gasteiger partial charge in [-0.2, -0.15) is 0 Å². The Morgan fingerprint density at radius 2 is 1.91 bits per heavy atom. The smallest absolute Gasteiger partial charge is 0.356 e. The lowest BCUT2D eigenvalue weighted by Gasteiger charge is -2.09. The highest BCUT2D eigenvalue weighted by atomic mass is 16.5. The van der Waals surface area contributed by atoms with Crippen LogP contribution < -0.4 is 5.32 Å². The minimum atomic E-state index is -1.19. The molecule has 0 saturated carbocycles. The number of carbonyl (C=O) groups is 2. The van der Waals surface area contributed by atoms with Crippen molar-refractivity contribution in [3.05, 3.63) is 53.6 Å². The first-order chi connectivity index (χ1) is 11.0. The third-order valence-corrected chi connectivity index (χ3v) is 2.87. The zero-order valence-corrected chi connectivity index (χ0v) is 12.8. The second-order valence-corrected chi connectivity index (χ2v) is 5.11. The van der Waals surface area contributed by atoms with Crippen molar-refractivity contribution in [2.45, 2.75) is 26.6 Å². The van der Waals surface area contributed by atoms with Crippen molar-refractivity contribution < 1.29 is 19.4 Å². The number of ether oxygens (including phenoxy) is 1. The number of aromatic nitrogens is 2. The van der Waals surface area contributed by atoms with Crippen LogP contribution >= 0.6 is 0 Å². The molecule has 0 aliphatic carbocycles. The molecule has 0 saturated heterocycles. The maximum absolute atomic E-state index is 12.1. The fourth-order valence-electron chi connectivity index (χ4n) is 1.75. The highest BCUT2D eigenvalue weighted by molar-refractivity contribution is 6.02. The molecule has 0 radical (unpaired) electrons. The van der Waals surface area contributed by atoms with E-state index < -0.39 is 11.9 Å². The van der Waals surface area contributed by atoms with Crippen LogP contribution in [-0.4, -0.2) is 33.1 Å². The zero-order chi connectivity index (χ0) is 16.8. The maximum atomic E-state index is 12.1. The number of aromatic carboxylic acids is 1. The summed E-state index contributed by atoms with van der Waals surface area (Å²) in [5.41, 5.74) is 1.36. The molecule has 120 valence electrons. The number of amides is 1. The highest BCUT2D eigenvalue weighted by Gasteiger charge is 2.11. The molecular weight excluding hydrogens is 298 g/mol. The molecule has 0 spiro atoms. The summed E-state index contributed by atoms with van der Waals surface area (Å²) in [6, 6.07) is 7.27. The summed E-state index contributed by atoms with van der Waals surface area (Å²) < 4.78 is 5.52. The summed E-state index contributed by atoms with van der Waals surface area (Å²) in [7, 11) is 0. The minimum Gasteiger partial charge on any atom is -0.476 e. The molecule has 0 unspecified atom stereocenters. The van der Waals surface area contributed by atoms with Gasteiger partial charge < -0.3 is 15.2 Å². The molecule has 1 aromatic carbocycles. The molecular formula is C16H17N3O4. The molecule has 0 fully saturated rings. The van der Waals surface area contributed by atoms with E-state index in [1.165, 1.54) is 0 Å². The van der Waals surface area contributed by atoms with Crippen LogP contribution in [-0.2, 0) is 11.3 Å². The average molecular weight is 315 g/mol. The van der Waals surface area contributed by atoms with E-state index in [0.717, 1.165) is 18.0 Å². The standard InChI is InChI=1S/C16H17N3O4/c1-10(2)23-9-11-4-3-5-12(6-11)19-15(20)13-7-18-14(8-17-13)16(21)22/h3-8,10H,9H2,1-2H3,(H,19,20)(H,21,22). The normalized spacial score (nSPS) is 10.6. The second kappa shape index (κ2) is 7.46. The van der Waals surface area contributed by atoms with Gasteiger partial charge in [0.1, 0.15) is 5.69 Å². The van der Waals surface area contributed by atoms with Crippen LogP contribution in [0.25, 0.3) is 0 Å². The fraction of sp³-hybridized carbons (Fsp3) is 0.250. The van der Waals surface area contributed by atoms with Gasteiger partial charge in [-0.25, -0.2) is 14.8 Å². The van der Waals surface area contributed by atoms with E-state index in [1.54, 1.807) is 12.1 Å². The Bertz CT molecular complexity index is 699. The number of carbonyl (C=O) groups excluding carboxylic acids is 1. The third kappa shape index (κ3) is 4.86. The van der Waals surface area contributed by atoms with E-state index in [9.17, 15) is 9.59 Å². The van der Waals surface area contributed by atoms with Crippen LogP contribution in [0.2, 0.25) is 0 Å². The quantitative estimate of drug-likeness (QED) is 0.848. The van der Waals surface area contributed by atoms with Crippen molar-refractivity contribution in [1.29, 1.82) is 0 Å². The Hall–Kier alpha value is -2.80. The Labute approximate surface area is 133 Å². The molecule has 1 heterocycles. The van der Waals surface area contributed by atoms with Gasteiger partial charge in [-0.05, 0) is 31.5 Å². The summed E-state index contributed by atoms with van der Waals surface area (Å²) in [5.74, 6) is -1.65. The SMILES string of the molecule is CC(C)OCc1cccc(NC(=O)c2cnc(C(=O)O)cn2)c1. The molecule has 0 aliphatic heterocycles. The number of carboxylic acids is 1. The molecule has 23 heavy (non-hydrogen) atoms. The van der Waals surface area contributed by atoms with E-state index >= 15 is 0 Å². The number of nitrogens with zero attached hydrogens (tertiary/aromatic N) is 2.